The number of aliphatic hydroxyl groups is 1. The van der Waals surface area contributed by atoms with Crippen molar-refractivity contribution in [3.8, 4) is 0 Å². The van der Waals surface area contributed by atoms with Gasteiger partial charge in [-0.25, -0.2) is 0 Å². The maximum absolute atomic E-state index is 10.2. The zero-order chi connectivity index (χ0) is 6.41. The zero-order valence-corrected chi connectivity index (χ0v) is 4.66. The summed E-state index contributed by atoms with van der Waals surface area (Å²) in [6.07, 6.45) is 0.337. The number of hydrogen-bond donors (Lipinski definition) is 1. The Morgan fingerprint density at radius 2 is 2.38 bits per heavy atom. The van der Waals surface area contributed by atoms with Gasteiger partial charge in [0.2, 0.25) is 0 Å². The van der Waals surface area contributed by atoms with Crippen LogP contribution in [0.2, 0.25) is 0 Å². The second kappa shape index (κ2) is 4.39. The van der Waals surface area contributed by atoms with Gasteiger partial charge < -0.3 is 5.11 Å². The van der Waals surface area contributed by atoms with Gasteiger partial charge in [0, 0.05) is 6.42 Å². The second-order valence-corrected chi connectivity index (χ2v) is 1.13. The summed E-state index contributed by atoms with van der Waals surface area (Å²) in [6.45, 7) is 1.27. The molecule has 0 radical (unpaired) electrons. The molecule has 0 spiro atoms. The van der Waals surface area contributed by atoms with Gasteiger partial charge in [0.1, 0.15) is 0 Å². The van der Waals surface area contributed by atoms with E-state index in [1.54, 1.807) is 6.92 Å². The third kappa shape index (κ3) is 3.42. The van der Waals surface area contributed by atoms with E-state index in [0.29, 0.717) is 6.42 Å². The van der Waals surface area contributed by atoms with Crippen LogP contribution in [0, 0.1) is 0 Å². The fourth-order valence-electron chi connectivity index (χ4n) is 0.181. The number of carbonyl (C=O) groups is 1. The molecular formula is C4H8N2O2. The van der Waals surface area contributed by atoms with Crippen LogP contribution in [0.5, 0.6) is 0 Å². The molecule has 0 atom stereocenters. The summed E-state index contributed by atoms with van der Waals surface area (Å²) < 4.78 is 0. The average molecular weight is 116 g/mol. The Bertz CT molecular complexity index is 100. The lowest BCUT2D eigenvalue weighted by molar-refractivity contribution is -0.118. The van der Waals surface area contributed by atoms with Crippen LogP contribution >= 0.6 is 0 Å². The van der Waals surface area contributed by atoms with Gasteiger partial charge in [-0.15, -0.1) is 5.11 Å². The highest BCUT2D eigenvalue weighted by Crippen LogP contribution is 1.81. The molecule has 0 fully saturated rings. The quantitative estimate of drug-likeness (QED) is 0.528. The van der Waals surface area contributed by atoms with Crippen molar-refractivity contribution in [1.29, 1.82) is 0 Å². The maximum Gasteiger partial charge on any atom is 0.264 e. The summed E-state index contributed by atoms with van der Waals surface area (Å²) in [5.41, 5.74) is 0. The van der Waals surface area contributed by atoms with Crippen LogP contribution in [-0.2, 0) is 4.79 Å². The molecule has 1 amide bonds. The van der Waals surface area contributed by atoms with E-state index >= 15 is 0 Å². The van der Waals surface area contributed by atoms with Gasteiger partial charge in [0.15, 0.2) is 6.73 Å². The molecule has 0 aliphatic heterocycles. The minimum absolute atomic E-state index is 0.306. The van der Waals surface area contributed by atoms with Gasteiger partial charge >= 0.3 is 0 Å². The standard InChI is InChI=1S/C4H8N2O2/c1-2-4(8)6-5-3-7/h7H,2-3H2,1H3. The normalized spacial score (nSPS) is 10.2. The van der Waals surface area contributed by atoms with E-state index in [0.717, 1.165) is 0 Å². The van der Waals surface area contributed by atoms with Gasteiger partial charge in [-0.1, -0.05) is 6.92 Å². The van der Waals surface area contributed by atoms with Crippen molar-refractivity contribution in [3.05, 3.63) is 0 Å². The first-order chi connectivity index (χ1) is 3.81. The molecule has 0 aromatic rings. The van der Waals surface area contributed by atoms with Crippen molar-refractivity contribution >= 4 is 5.91 Å². The van der Waals surface area contributed by atoms with Gasteiger partial charge in [-0.2, -0.15) is 5.11 Å². The first-order valence-corrected chi connectivity index (χ1v) is 2.32. The molecule has 1 N–H and O–H groups in total. The highest BCUT2D eigenvalue weighted by Gasteiger charge is 1.88. The van der Waals surface area contributed by atoms with Crippen LogP contribution < -0.4 is 0 Å². The topological polar surface area (TPSA) is 62.0 Å². The number of carbonyl (C=O) groups excluding carboxylic acids is 1. The van der Waals surface area contributed by atoms with Crippen LogP contribution in [0.25, 0.3) is 0 Å². The van der Waals surface area contributed by atoms with E-state index < -0.39 is 6.73 Å². The van der Waals surface area contributed by atoms with Crippen LogP contribution in [0.1, 0.15) is 13.3 Å². The highest BCUT2D eigenvalue weighted by atomic mass is 16.3. The van der Waals surface area contributed by atoms with E-state index in [4.69, 9.17) is 5.11 Å². The molecule has 0 unspecified atom stereocenters. The Morgan fingerprint density at radius 3 is 2.75 bits per heavy atom. The summed E-state index contributed by atoms with van der Waals surface area (Å²) >= 11 is 0. The molecular weight excluding hydrogens is 108 g/mol. The monoisotopic (exact) mass is 116 g/mol. The Kier molecular flexibility index (Phi) is 3.97. The Labute approximate surface area is 47.2 Å². The summed E-state index contributed by atoms with van der Waals surface area (Å²) in [5.74, 6) is -0.306. The van der Waals surface area contributed by atoms with E-state index in [1.807, 2.05) is 0 Å². The van der Waals surface area contributed by atoms with E-state index in [1.165, 1.54) is 0 Å². The van der Waals surface area contributed by atoms with Crippen molar-refractivity contribution in [2.24, 2.45) is 10.2 Å². The molecule has 0 heterocycles. The van der Waals surface area contributed by atoms with Crippen molar-refractivity contribution in [3.63, 3.8) is 0 Å². The number of azo groups is 1. The largest absolute Gasteiger partial charge is 0.373 e. The molecule has 0 bridgehead atoms. The number of aliphatic hydroxyl groups excluding tert-OH is 1. The Morgan fingerprint density at radius 1 is 1.75 bits per heavy atom. The molecule has 46 valence electrons. The van der Waals surface area contributed by atoms with Gasteiger partial charge in [-0.3, -0.25) is 4.79 Å². The minimum Gasteiger partial charge on any atom is -0.373 e. The van der Waals surface area contributed by atoms with Crippen LogP contribution in [0.4, 0.5) is 0 Å². The SMILES string of the molecule is CCC(=O)N=NCO. The fraction of sp³-hybridized carbons (Fsp3) is 0.750. The highest BCUT2D eigenvalue weighted by molar-refractivity contribution is 5.75. The number of hydrogen-bond acceptors (Lipinski definition) is 3. The Hall–Kier alpha value is -0.770. The minimum atomic E-state index is -0.411. The van der Waals surface area contributed by atoms with Crippen molar-refractivity contribution < 1.29 is 9.90 Å². The molecule has 0 aliphatic rings. The molecule has 0 saturated carbocycles. The van der Waals surface area contributed by atoms with E-state index in [2.05, 4.69) is 10.2 Å². The smallest absolute Gasteiger partial charge is 0.264 e. The molecule has 4 heteroatoms. The third-order valence-electron chi connectivity index (χ3n) is 0.548. The molecule has 4 nitrogen and oxygen atoms in total. The molecule has 0 aromatic heterocycles. The molecule has 0 aromatic carbocycles. The number of amides is 1. The fourth-order valence-corrected chi connectivity index (χ4v) is 0.181. The summed E-state index contributed by atoms with van der Waals surface area (Å²) in [6, 6.07) is 0. The lowest BCUT2D eigenvalue weighted by atomic mass is 10.5. The first-order valence-electron chi connectivity index (χ1n) is 2.32. The summed E-state index contributed by atoms with van der Waals surface area (Å²) in [4.78, 5) is 10.2. The molecule has 0 aliphatic carbocycles. The Balaban J connectivity index is 3.37. The van der Waals surface area contributed by atoms with Gasteiger partial charge in [0.25, 0.3) is 5.91 Å². The maximum atomic E-state index is 10.2. The predicted octanol–water partition coefficient (Wildman–Crippen LogP) is 0.325. The van der Waals surface area contributed by atoms with Crippen LogP contribution in [-0.4, -0.2) is 17.7 Å². The van der Waals surface area contributed by atoms with Gasteiger partial charge in [0.05, 0.1) is 0 Å². The first kappa shape index (κ1) is 7.23. The summed E-state index contributed by atoms with van der Waals surface area (Å²) in [5, 5.41) is 14.2. The van der Waals surface area contributed by atoms with Crippen LogP contribution in [0.3, 0.4) is 0 Å². The lowest BCUT2D eigenvalue weighted by Crippen LogP contribution is -1.86. The van der Waals surface area contributed by atoms with Crippen molar-refractivity contribution in [1.82, 2.24) is 0 Å². The lowest BCUT2D eigenvalue weighted by Gasteiger charge is -1.79. The summed E-state index contributed by atoms with van der Waals surface area (Å²) in [7, 11) is 0. The molecule has 0 rings (SSSR count). The van der Waals surface area contributed by atoms with E-state index in [9.17, 15) is 4.79 Å². The zero-order valence-electron chi connectivity index (χ0n) is 4.66. The number of rotatable bonds is 2. The molecule has 0 saturated heterocycles. The second-order valence-electron chi connectivity index (χ2n) is 1.13. The van der Waals surface area contributed by atoms with Crippen molar-refractivity contribution in [2.75, 3.05) is 6.73 Å². The van der Waals surface area contributed by atoms with Crippen molar-refractivity contribution in [2.45, 2.75) is 13.3 Å². The number of nitrogens with zero attached hydrogens (tertiary/aromatic N) is 2. The van der Waals surface area contributed by atoms with E-state index in [-0.39, 0.29) is 5.91 Å². The third-order valence-corrected chi connectivity index (χ3v) is 0.548. The van der Waals surface area contributed by atoms with Gasteiger partial charge in [-0.05, 0) is 0 Å². The molecule has 8 heavy (non-hydrogen) atoms. The average Bonchev–Trinajstić information content (AvgIpc) is 1.83. The predicted molar refractivity (Wildman–Crippen MR) is 27.2 cm³/mol. The van der Waals surface area contributed by atoms with Crippen LogP contribution in [0.15, 0.2) is 10.2 Å².